The molecule has 68 valence electrons. The summed E-state index contributed by atoms with van der Waals surface area (Å²) in [5, 5.41) is 0. The van der Waals surface area contributed by atoms with E-state index in [1.54, 1.807) is 0 Å². The summed E-state index contributed by atoms with van der Waals surface area (Å²) in [5.74, 6) is 0.616. The normalized spacial score (nSPS) is 13.6. The van der Waals surface area contributed by atoms with Crippen molar-refractivity contribution in [1.29, 1.82) is 0 Å². The topological polar surface area (TPSA) is 78.1 Å². The monoisotopic (exact) mass is 159 g/mol. The summed E-state index contributed by atoms with van der Waals surface area (Å²) >= 11 is 0. The number of rotatable bonds is 3. The number of hydrogen-bond acceptors (Lipinski definition) is 3. The summed E-state index contributed by atoms with van der Waals surface area (Å²) in [6.07, 6.45) is -0.442. The SMILES string of the molecule is CC(C)C(N)(C(C)C)C(N)N. The molecule has 0 aliphatic heterocycles. The number of hydrogen-bond donors (Lipinski definition) is 3. The molecule has 0 heterocycles. The van der Waals surface area contributed by atoms with Gasteiger partial charge in [-0.3, -0.25) is 0 Å². The first kappa shape index (κ1) is 10.9. The van der Waals surface area contributed by atoms with Crippen LogP contribution in [0.25, 0.3) is 0 Å². The van der Waals surface area contributed by atoms with E-state index in [0.717, 1.165) is 0 Å². The zero-order valence-corrected chi connectivity index (χ0v) is 7.96. The molecule has 0 spiro atoms. The summed E-state index contributed by atoms with van der Waals surface area (Å²) < 4.78 is 0. The fraction of sp³-hybridized carbons (Fsp3) is 1.00. The van der Waals surface area contributed by atoms with Gasteiger partial charge in [-0.25, -0.2) is 0 Å². The van der Waals surface area contributed by atoms with E-state index < -0.39 is 11.7 Å². The molecule has 0 aliphatic rings. The van der Waals surface area contributed by atoms with Crippen molar-refractivity contribution in [3.8, 4) is 0 Å². The second kappa shape index (κ2) is 3.52. The van der Waals surface area contributed by atoms with Crippen molar-refractivity contribution in [2.45, 2.75) is 39.4 Å². The van der Waals surface area contributed by atoms with Crippen molar-refractivity contribution in [2.24, 2.45) is 29.0 Å². The quantitative estimate of drug-likeness (QED) is 0.516. The molecule has 0 aromatic carbocycles. The van der Waals surface area contributed by atoms with Gasteiger partial charge >= 0.3 is 0 Å². The smallest absolute Gasteiger partial charge is 0.0711 e. The predicted octanol–water partition coefficient (Wildman–Crippen LogP) is 0.239. The van der Waals surface area contributed by atoms with E-state index in [4.69, 9.17) is 17.2 Å². The number of nitrogens with two attached hydrogens (primary N) is 3. The van der Waals surface area contributed by atoms with Gasteiger partial charge in [0, 0.05) is 5.54 Å². The lowest BCUT2D eigenvalue weighted by molar-refractivity contribution is 0.183. The van der Waals surface area contributed by atoms with Gasteiger partial charge in [-0.05, 0) is 11.8 Å². The van der Waals surface area contributed by atoms with Gasteiger partial charge < -0.3 is 17.2 Å². The van der Waals surface area contributed by atoms with Crippen LogP contribution in [0, 0.1) is 11.8 Å². The largest absolute Gasteiger partial charge is 0.322 e. The van der Waals surface area contributed by atoms with Crippen LogP contribution in [0.2, 0.25) is 0 Å². The molecule has 0 aliphatic carbocycles. The summed E-state index contributed by atoms with van der Waals surface area (Å²) in [6, 6.07) is 0. The summed E-state index contributed by atoms with van der Waals surface area (Å²) in [6.45, 7) is 8.19. The Labute approximate surface area is 69.3 Å². The standard InChI is InChI=1S/C8H21N3/c1-5(2)8(11,6(3)4)7(9)10/h5-7H,9-11H2,1-4H3. The molecule has 6 N–H and O–H groups in total. The van der Waals surface area contributed by atoms with E-state index in [-0.39, 0.29) is 0 Å². The molecule has 0 fully saturated rings. The Morgan fingerprint density at radius 2 is 1.18 bits per heavy atom. The fourth-order valence-electron chi connectivity index (χ4n) is 1.44. The third kappa shape index (κ3) is 1.92. The Bertz CT molecular complexity index is 96.7. The Morgan fingerprint density at radius 1 is 0.909 bits per heavy atom. The highest BCUT2D eigenvalue weighted by Crippen LogP contribution is 2.23. The summed E-state index contributed by atoms with van der Waals surface area (Å²) in [7, 11) is 0. The first-order valence-corrected chi connectivity index (χ1v) is 4.13. The molecule has 0 aromatic rings. The van der Waals surface area contributed by atoms with Crippen LogP contribution in [-0.4, -0.2) is 11.7 Å². The lowest BCUT2D eigenvalue weighted by Crippen LogP contribution is -2.66. The van der Waals surface area contributed by atoms with Crippen LogP contribution >= 0.6 is 0 Å². The van der Waals surface area contributed by atoms with Crippen molar-refractivity contribution >= 4 is 0 Å². The molecule has 0 atom stereocenters. The molecule has 0 aromatic heterocycles. The Morgan fingerprint density at radius 3 is 1.18 bits per heavy atom. The minimum atomic E-state index is -0.444. The van der Waals surface area contributed by atoms with Crippen molar-refractivity contribution in [2.75, 3.05) is 0 Å². The fourth-order valence-corrected chi connectivity index (χ4v) is 1.44. The molecular formula is C8H21N3. The lowest BCUT2D eigenvalue weighted by Gasteiger charge is -2.40. The highest BCUT2D eigenvalue weighted by Gasteiger charge is 2.36. The molecular weight excluding hydrogens is 138 g/mol. The second-order valence-corrected chi connectivity index (χ2v) is 3.84. The average molecular weight is 159 g/mol. The summed E-state index contributed by atoms with van der Waals surface area (Å²) in [5.41, 5.74) is 16.9. The molecule has 0 saturated heterocycles. The van der Waals surface area contributed by atoms with Gasteiger partial charge in [0.2, 0.25) is 0 Å². The van der Waals surface area contributed by atoms with Crippen LogP contribution in [0.3, 0.4) is 0 Å². The lowest BCUT2D eigenvalue weighted by atomic mass is 9.76. The van der Waals surface area contributed by atoms with Gasteiger partial charge in [0.25, 0.3) is 0 Å². The van der Waals surface area contributed by atoms with E-state index >= 15 is 0 Å². The van der Waals surface area contributed by atoms with E-state index in [1.165, 1.54) is 0 Å². The predicted molar refractivity (Wildman–Crippen MR) is 48.8 cm³/mol. The first-order chi connectivity index (χ1) is 4.83. The van der Waals surface area contributed by atoms with Crippen molar-refractivity contribution < 1.29 is 0 Å². The van der Waals surface area contributed by atoms with Gasteiger partial charge in [-0.15, -0.1) is 0 Å². The molecule has 11 heavy (non-hydrogen) atoms. The Balaban J connectivity index is 4.53. The second-order valence-electron chi connectivity index (χ2n) is 3.84. The maximum absolute atomic E-state index is 6.08. The van der Waals surface area contributed by atoms with Crippen LogP contribution in [0.15, 0.2) is 0 Å². The van der Waals surface area contributed by atoms with E-state index in [9.17, 15) is 0 Å². The molecule has 0 radical (unpaired) electrons. The minimum Gasteiger partial charge on any atom is -0.322 e. The minimum absolute atomic E-state index is 0.308. The van der Waals surface area contributed by atoms with Crippen LogP contribution in [0.5, 0.6) is 0 Å². The van der Waals surface area contributed by atoms with Gasteiger partial charge in [0.15, 0.2) is 0 Å². The van der Waals surface area contributed by atoms with Gasteiger partial charge in [-0.1, -0.05) is 27.7 Å². The van der Waals surface area contributed by atoms with Crippen molar-refractivity contribution in [3.63, 3.8) is 0 Å². The van der Waals surface area contributed by atoms with Gasteiger partial charge in [-0.2, -0.15) is 0 Å². The molecule has 0 unspecified atom stereocenters. The zero-order chi connectivity index (χ0) is 9.23. The Hall–Kier alpha value is -0.120. The maximum Gasteiger partial charge on any atom is 0.0711 e. The maximum atomic E-state index is 6.08. The van der Waals surface area contributed by atoms with Crippen molar-refractivity contribution in [1.82, 2.24) is 0 Å². The van der Waals surface area contributed by atoms with Gasteiger partial charge in [0.1, 0.15) is 0 Å². The zero-order valence-electron chi connectivity index (χ0n) is 7.96. The molecule has 0 amide bonds. The Kier molecular flexibility index (Phi) is 3.48. The first-order valence-electron chi connectivity index (χ1n) is 4.13. The third-order valence-corrected chi connectivity index (χ3v) is 2.58. The average Bonchev–Trinajstić information content (AvgIpc) is 1.84. The van der Waals surface area contributed by atoms with E-state index in [0.29, 0.717) is 11.8 Å². The van der Waals surface area contributed by atoms with Crippen LogP contribution in [0.1, 0.15) is 27.7 Å². The molecule has 3 nitrogen and oxygen atoms in total. The molecule has 3 heteroatoms. The van der Waals surface area contributed by atoms with Crippen LogP contribution in [-0.2, 0) is 0 Å². The highest BCUT2D eigenvalue weighted by molar-refractivity contribution is 4.96. The van der Waals surface area contributed by atoms with Gasteiger partial charge in [0.05, 0.1) is 6.17 Å². The highest BCUT2D eigenvalue weighted by atomic mass is 15.0. The van der Waals surface area contributed by atoms with E-state index in [2.05, 4.69) is 0 Å². The molecule has 0 rings (SSSR count). The summed E-state index contributed by atoms with van der Waals surface area (Å²) in [4.78, 5) is 0. The van der Waals surface area contributed by atoms with E-state index in [1.807, 2.05) is 27.7 Å². The molecule has 0 bridgehead atoms. The van der Waals surface area contributed by atoms with Crippen LogP contribution in [0.4, 0.5) is 0 Å². The van der Waals surface area contributed by atoms with Crippen molar-refractivity contribution in [3.05, 3.63) is 0 Å². The molecule has 0 saturated carbocycles. The third-order valence-electron chi connectivity index (χ3n) is 2.58. The van der Waals surface area contributed by atoms with Crippen LogP contribution < -0.4 is 17.2 Å².